The molecule has 5 nitrogen and oxygen atoms in total. The second-order valence-electron chi connectivity index (χ2n) is 7.35. The Morgan fingerprint density at radius 2 is 1.93 bits per heavy atom. The van der Waals surface area contributed by atoms with Gasteiger partial charge in [-0.05, 0) is 52.9 Å². The van der Waals surface area contributed by atoms with Gasteiger partial charge in [-0.25, -0.2) is 0 Å². The Balaban J connectivity index is 1.56. The molecule has 1 saturated heterocycles. The van der Waals surface area contributed by atoms with E-state index in [1.807, 2.05) is 13.0 Å². The molecule has 0 aromatic heterocycles. The second kappa shape index (κ2) is 10.6. The molecule has 0 aliphatic carbocycles. The van der Waals surface area contributed by atoms with Gasteiger partial charge in [0.1, 0.15) is 0 Å². The van der Waals surface area contributed by atoms with Crippen molar-refractivity contribution in [2.24, 2.45) is 0 Å². The summed E-state index contributed by atoms with van der Waals surface area (Å²) in [6, 6.07) is 14.3. The molecule has 2 aromatic carbocycles. The molecular weight excluding hydrogens is 432 g/mol. The Labute approximate surface area is 181 Å². The minimum Gasteiger partial charge on any atom is -0.493 e. The van der Waals surface area contributed by atoms with Crippen LogP contribution in [0.2, 0.25) is 0 Å². The molecule has 0 radical (unpaired) electrons. The number of hydrogen-bond acceptors (Lipinski definition) is 4. The highest BCUT2D eigenvalue weighted by atomic mass is 79.9. The number of amides is 1. The first-order chi connectivity index (χ1) is 14.1. The summed E-state index contributed by atoms with van der Waals surface area (Å²) < 4.78 is 11.9. The van der Waals surface area contributed by atoms with Gasteiger partial charge in [0, 0.05) is 31.2 Å². The van der Waals surface area contributed by atoms with E-state index in [0.29, 0.717) is 23.7 Å². The Morgan fingerprint density at radius 1 is 1.21 bits per heavy atom. The zero-order valence-electron chi connectivity index (χ0n) is 17.1. The van der Waals surface area contributed by atoms with Gasteiger partial charge in [0.25, 0.3) is 5.91 Å². The van der Waals surface area contributed by atoms with Crippen LogP contribution in [0.15, 0.2) is 46.9 Å². The van der Waals surface area contributed by atoms with E-state index in [1.54, 1.807) is 19.2 Å². The third-order valence-corrected chi connectivity index (χ3v) is 5.70. The average molecular weight is 461 g/mol. The number of rotatable bonds is 8. The lowest BCUT2D eigenvalue weighted by atomic mass is 10.0. The lowest BCUT2D eigenvalue weighted by molar-refractivity contribution is 0.0908. The van der Waals surface area contributed by atoms with Crippen molar-refractivity contribution in [3.63, 3.8) is 0 Å². The van der Waals surface area contributed by atoms with E-state index in [2.05, 4.69) is 50.4 Å². The fourth-order valence-electron chi connectivity index (χ4n) is 3.54. The molecule has 1 aliphatic rings. The van der Waals surface area contributed by atoms with Crippen molar-refractivity contribution in [3.05, 3.63) is 58.1 Å². The van der Waals surface area contributed by atoms with Crippen LogP contribution in [0.5, 0.6) is 11.5 Å². The van der Waals surface area contributed by atoms with Crippen molar-refractivity contribution < 1.29 is 14.3 Å². The third kappa shape index (κ3) is 5.97. The zero-order valence-corrected chi connectivity index (χ0v) is 18.7. The third-order valence-electron chi connectivity index (χ3n) is 5.11. The SMILES string of the molecule is CCCOc1c(Br)cc(C(=O)NC2CCN(Cc3ccccc3)CC2)cc1OC. The van der Waals surface area contributed by atoms with Crippen LogP contribution in [0.3, 0.4) is 0 Å². The van der Waals surface area contributed by atoms with E-state index < -0.39 is 0 Å². The molecule has 0 unspecified atom stereocenters. The Hall–Kier alpha value is -2.05. The maximum atomic E-state index is 12.8. The fraction of sp³-hybridized carbons (Fsp3) is 0.435. The van der Waals surface area contributed by atoms with E-state index in [4.69, 9.17) is 9.47 Å². The smallest absolute Gasteiger partial charge is 0.251 e. The van der Waals surface area contributed by atoms with Gasteiger partial charge in [-0.2, -0.15) is 0 Å². The average Bonchev–Trinajstić information content (AvgIpc) is 2.74. The maximum Gasteiger partial charge on any atom is 0.251 e. The highest BCUT2D eigenvalue weighted by Gasteiger charge is 2.22. The predicted octanol–water partition coefficient (Wildman–Crippen LogP) is 4.64. The normalized spacial score (nSPS) is 15.1. The van der Waals surface area contributed by atoms with Crippen molar-refractivity contribution in [1.82, 2.24) is 10.2 Å². The summed E-state index contributed by atoms with van der Waals surface area (Å²) in [6.45, 7) is 5.58. The first-order valence-corrected chi connectivity index (χ1v) is 11.0. The molecule has 3 rings (SSSR count). The molecule has 1 heterocycles. The van der Waals surface area contributed by atoms with E-state index in [0.717, 1.165) is 43.4 Å². The Morgan fingerprint density at radius 3 is 2.59 bits per heavy atom. The molecule has 1 aliphatic heterocycles. The van der Waals surface area contributed by atoms with Gasteiger partial charge in [0.15, 0.2) is 11.5 Å². The number of carbonyl (C=O) groups is 1. The molecule has 2 aromatic rings. The summed E-state index contributed by atoms with van der Waals surface area (Å²) in [5, 5.41) is 3.18. The van der Waals surface area contributed by atoms with Crippen LogP contribution in [-0.2, 0) is 6.54 Å². The van der Waals surface area contributed by atoms with Crippen LogP contribution < -0.4 is 14.8 Å². The van der Waals surface area contributed by atoms with Gasteiger partial charge in [0.2, 0.25) is 0 Å². The van der Waals surface area contributed by atoms with Crippen molar-refractivity contribution in [2.45, 2.75) is 38.8 Å². The number of nitrogens with one attached hydrogen (secondary N) is 1. The number of ether oxygens (including phenoxy) is 2. The number of benzene rings is 2. The van der Waals surface area contributed by atoms with Crippen molar-refractivity contribution in [3.8, 4) is 11.5 Å². The van der Waals surface area contributed by atoms with Crippen LogP contribution in [-0.4, -0.2) is 43.7 Å². The summed E-state index contributed by atoms with van der Waals surface area (Å²) >= 11 is 3.51. The molecule has 1 amide bonds. The molecular formula is C23H29BrN2O3. The number of carbonyl (C=O) groups excluding carboxylic acids is 1. The van der Waals surface area contributed by atoms with Crippen LogP contribution in [0.1, 0.15) is 42.1 Å². The number of likely N-dealkylation sites (tertiary alicyclic amines) is 1. The largest absolute Gasteiger partial charge is 0.493 e. The molecule has 29 heavy (non-hydrogen) atoms. The molecule has 1 N–H and O–H groups in total. The van der Waals surface area contributed by atoms with Gasteiger partial charge in [-0.3, -0.25) is 9.69 Å². The van der Waals surface area contributed by atoms with Crippen LogP contribution in [0.4, 0.5) is 0 Å². The standard InChI is InChI=1S/C23H29BrN2O3/c1-3-13-29-22-20(24)14-18(15-21(22)28-2)23(27)25-19-9-11-26(12-10-19)16-17-7-5-4-6-8-17/h4-8,14-15,19H,3,9-13,16H2,1-2H3,(H,25,27). The molecule has 156 valence electrons. The first-order valence-electron chi connectivity index (χ1n) is 10.2. The van der Waals surface area contributed by atoms with Crippen LogP contribution in [0.25, 0.3) is 0 Å². The highest BCUT2D eigenvalue weighted by molar-refractivity contribution is 9.10. The Kier molecular flexibility index (Phi) is 7.95. The summed E-state index contributed by atoms with van der Waals surface area (Å²) in [5.41, 5.74) is 1.90. The molecule has 1 fully saturated rings. The minimum absolute atomic E-state index is 0.0763. The van der Waals surface area contributed by atoms with Gasteiger partial charge in [0.05, 0.1) is 18.2 Å². The quantitative estimate of drug-likeness (QED) is 0.623. The topological polar surface area (TPSA) is 50.8 Å². The minimum atomic E-state index is -0.0763. The monoisotopic (exact) mass is 460 g/mol. The van der Waals surface area contributed by atoms with Gasteiger partial charge >= 0.3 is 0 Å². The van der Waals surface area contributed by atoms with Crippen molar-refractivity contribution >= 4 is 21.8 Å². The lowest BCUT2D eigenvalue weighted by Gasteiger charge is -2.32. The summed E-state index contributed by atoms with van der Waals surface area (Å²) in [5.74, 6) is 1.13. The molecule has 6 heteroatoms. The predicted molar refractivity (Wildman–Crippen MR) is 119 cm³/mol. The van der Waals surface area contributed by atoms with Crippen molar-refractivity contribution in [2.75, 3.05) is 26.8 Å². The summed E-state index contributed by atoms with van der Waals surface area (Å²) in [7, 11) is 1.59. The summed E-state index contributed by atoms with van der Waals surface area (Å²) in [4.78, 5) is 15.2. The molecule has 0 bridgehead atoms. The van der Waals surface area contributed by atoms with E-state index in [9.17, 15) is 4.79 Å². The zero-order chi connectivity index (χ0) is 20.6. The Bertz CT molecular complexity index is 805. The number of halogens is 1. The first kappa shape index (κ1) is 21.7. The van der Waals surface area contributed by atoms with E-state index in [-0.39, 0.29) is 11.9 Å². The molecule has 0 saturated carbocycles. The van der Waals surface area contributed by atoms with Crippen LogP contribution >= 0.6 is 15.9 Å². The highest BCUT2D eigenvalue weighted by Crippen LogP contribution is 2.36. The van der Waals surface area contributed by atoms with E-state index in [1.165, 1.54) is 5.56 Å². The molecule has 0 atom stereocenters. The number of methoxy groups -OCH3 is 1. The van der Waals surface area contributed by atoms with Crippen molar-refractivity contribution in [1.29, 1.82) is 0 Å². The van der Waals surface area contributed by atoms with Gasteiger partial charge in [-0.1, -0.05) is 37.3 Å². The lowest BCUT2D eigenvalue weighted by Crippen LogP contribution is -2.44. The maximum absolute atomic E-state index is 12.8. The summed E-state index contributed by atoms with van der Waals surface area (Å²) in [6.07, 6.45) is 2.81. The number of nitrogens with zero attached hydrogens (tertiary/aromatic N) is 1. The van der Waals surface area contributed by atoms with Gasteiger partial charge < -0.3 is 14.8 Å². The second-order valence-corrected chi connectivity index (χ2v) is 8.20. The fourth-order valence-corrected chi connectivity index (χ4v) is 4.10. The molecule has 0 spiro atoms. The van der Waals surface area contributed by atoms with E-state index >= 15 is 0 Å². The van der Waals surface area contributed by atoms with Gasteiger partial charge in [-0.15, -0.1) is 0 Å². The number of hydrogen-bond donors (Lipinski definition) is 1. The van der Waals surface area contributed by atoms with Crippen LogP contribution in [0, 0.1) is 0 Å². The number of piperidine rings is 1.